The first-order chi connectivity index (χ1) is 12.2. The molecule has 0 aliphatic carbocycles. The van der Waals surface area contributed by atoms with Gasteiger partial charge < -0.3 is 14.5 Å². The molecule has 3 rings (SSSR count). The summed E-state index contributed by atoms with van der Waals surface area (Å²) in [4.78, 5) is 29.2. The molecule has 0 N–H and O–H groups in total. The van der Waals surface area contributed by atoms with Crippen LogP contribution < -0.4 is 0 Å². The number of nitrogens with zero attached hydrogens (tertiary/aromatic N) is 2. The Morgan fingerprint density at radius 3 is 2.36 bits per heavy atom. The van der Waals surface area contributed by atoms with Gasteiger partial charge in [-0.3, -0.25) is 4.79 Å². The van der Waals surface area contributed by atoms with Gasteiger partial charge in [0, 0.05) is 37.5 Å². The zero-order valence-corrected chi connectivity index (χ0v) is 14.9. The Balaban J connectivity index is 1.38. The van der Waals surface area contributed by atoms with Gasteiger partial charge in [0.15, 0.2) is 0 Å². The maximum absolute atomic E-state index is 12.3. The number of rotatable bonds is 5. The lowest BCUT2D eigenvalue weighted by molar-refractivity contribution is -0.132. The highest BCUT2D eigenvalue weighted by Gasteiger charge is 2.24. The number of thiophene rings is 1. The van der Waals surface area contributed by atoms with E-state index in [2.05, 4.69) is 6.07 Å². The predicted octanol–water partition coefficient (Wildman–Crippen LogP) is 3.16. The van der Waals surface area contributed by atoms with Crippen molar-refractivity contribution in [1.82, 2.24) is 9.80 Å². The first-order valence-corrected chi connectivity index (χ1v) is 9.36. The van der Waals surface area contributed by atoms with E-state index in [1.807, 2.05) is 46.7 Å². The summed E-state index contributed by atoms with van der Waals surface area (Å²) in [5.74, 6) is 0.158. The molecular weight excluding hydrogens is 336 g/mol. The van der Waals surface area contributed by atoms with Crippen LogP contribution in [-0.4, -0.2) is 48.0 Å². The maximum Gasteiger partial charge on any atom is 0.410 e. The second-order valence-corrected chi connectivity index (χ2v) is 7.02. The van der Waals surface area contributed by atoms with Crippen molar-refractivity contribution in [3.8, 4) is 0 Å². The van der Waals surface area contributed by atoms with E-state index in [9.17, 15) is 9.59 Å². The summed E-state index contributed by atoms with van der Waals surface area (Å²) >= 11 is 1.68. The van der Waals surface area contributed by atoms with E-state index >= 15 is 0 Å². The fourth-order valence-electron chi connectivity index (χ4n) is 2.79. The molecule has 25 heavy (non-hydrogen) atoms. The van der Waals surface area contributed by atoms with Crippen LogP contribution in [0.1, 0.15) is 16.9 Å². The number of piperazine rings is 1. The zero-order chi connectivity index (χ0) is 17.5. The Kier molecular flexibility index (Phi) is 6.06. The molecule has 1 fully saturated rings. The van der Waals surface area contributed by atoms with Crippen LogP contribution >= 0.6 is 11.3 Å². The van der Waals surface area contributed by atoms with Crippen molar-refractivity contribution < 1.29 is 14.3 Å². The summed E-state index contributed by atoms with van der Waals surface area (Å²) in [6.07, 6.45) is 1.00. The van der Waals surface area contributed by atoms with E-state index in [0.717, 1.165) is 12.0 Å². The largest absolute Gasteiger partial charge is 0.445 e. The number of amides is 2. The summed E-state index contributed by atoms with van der Waals surface area (Å²) < 4.78 is 5.34. The topological polar surface area (TPSA) is 49.9 Å². The monoisotopic (exact) mass is 358 g/mol. The number of carbonyl (C=O) groups is 2. The van der Waals surface area contributed by atoms with Crippen molar-refractivity contribution in [2.24, 2.45) is 0 Å². The summed E-state index contributed by atoms with van der Waals surface area (Å²) in [6, 6.07) is 13.7. The molecule has 1 aromatic heterocycles. The van der Waals surface area contributed by atoms with Crippen LogP contribution in [0.2, 0.25) is 0 Å². The minimum absolute atomic E-state index is 0.158. The summed E-state index contributed by atoms with van der Waals surface area (Å²) in [5.41, 5.74) is 0.971. The van der Waals surface area contributed by atoms with Crippen LogP contribution in [-0.2, 0) is 22.6 Å². The molecule has 5 nitrogen and oxygen atoms in total. The Hall–Kier alpha value is -2.34. The molecule has 2 heterocycles. The van der Waals surface area contributed by atoms with Gasteiger partial charge in [0.05, 0.1) is 0 Å². The third kappa shape index (κ3) is 5.06. The van der Waals surface area contributed by atoms with E-state index in [4.69, 9.17) is 4.74 Å². The smallest absolute Gasteiger partial charge is 0.410 e. The lowest BCUT2D eigenvalue weighted by Crippen LogP contribution is -2.50. The molecule has 0 radical (unpaired) electrons. The van der Waals surface area contributed by atoms with Crippen molar-refractivity contribution >= 4 is 23.3 Å². The average molecular weight is 358 g/mol. The fourth-order valence-corrected chi connectivity index (χ4v) is 3.50. The standard InChI is InChI=1S/C19H22N2O3S/c22-18(9-8-17-7-4-14-25-17)20-10-12-21(13-11-20)19(23)24-15-16-5-2-1-3-6-16/h1-7,14H,8-13,15H2. The number of hydrogen-bond acceptors (Lipinski definition) is 4. The molecule has 2 amide bonds. The van der Waals surface area contributed by atoms with E-state index in [0.29, 0.717) is 32.6 Å². The molecule has 0 unspecified atom stereocenters. The second kappa shape index (κ2) is 8.67. The number of carbonyl (C=O) groups excluding carboxylic acids is 2. The first kappa shape index (κ1) is 17.5. The highest BCUT2D eigenvalue weighted by Crippen LogP contribution is 2.13. The zero-order valence-electron chi connectivity index (χ0n) is 14.1. The Morgan fingerprint density at radius 1 is 0.960 bits per heavy atom. The highest BCUT2D eigenvalue weighted by atomic mass is 32.1. The normalized spacial score (nSPS) is 14.4. The van der Waals surface area contributed by atoms with Crippen LogP contribution in [0.5, 0.6) is 0 Å². The minimum Gasteiger partial charge on any atom is -0.445 e. The van der Waals surface area contributed by atoms with Gasteiger partial charge in [0.1, 0.15) is 6.61 Å². The quantitative estimate of drug-likeness (QED) is 0.825. The van der Waals surface area contributed by atoms with Crippen molar-refractivity contribution in [3.05, 3.63) is 58.3 Å². The van der Waals surface area contributed by atoms with Gasteiger partial charge in [-0.2, -0.15) is 0 Å². The van der Waals surface area contributed by atoms with Gasteiger partial charge in [-0.05, 0) is 23.4 Å². The van der Waals surface area contributed by atoms with Gasteiger partial charge in [-0.15, -0.1) is 11.3 Å². The van der Waals surface area contributed by atoms with Crippen LogP contribution in [0.3, 0.4) is 0 Å². The fraction of sp³-hybridized carbons (Fsp3) is 0.368. The van der Waals surface area contributed by atoms with Gasteiger partial charge in [-0.1, -0.05) is 36.4 Å². The van der Waals surface area contributed by atoms with Crippen molar-refractivity contribution in [1.29, 1.82) is 0 Å². The molecule has 1 aromatic carbocycles. The van der Waals surface area contributed by atoms with Gasteiger partial charge >= 0.3 is 6.09 Å². The van der Waals surface area contributed by atoms with E-state index in [1.54, 1.807) is 16.2 Å². The van der Waals surface area contributed by atoms with Gasteiger partial charge in [0.2, 0.25) is 5.91 Å². The predicted molar refractivity (Wildman–Crippen MR) is 97.4 cm³/mol. The van der Waals surface area contributed by atoms with Gasteiger partial charge in [-0.25, -0.2) is 4.79 Å². The SMILES string of the molecule is O=C(CCc1cccs1)N1CCN(C(=O)OCc2ccccc2)CC1. The maximum atomic E-state index is 12.3. The average Bonchev–Trinajstić information content (AvgIpc) is 3.19. The van der Waals surface area contributed by atoms with Crippen molar-refractivity contribution in [3.63, 3.8) is 0 Å². The molecule has 6 heteroatoms. The third-order valence-electron chi connectivity index (χ3n) is 4.26. The molecular formula is C19H22N2O3S. The molecule has 0 spiro atoms. The molecule has 0 saturated carbocycles. The van der Waals surface area contributed by atoms with Crippen LogP contribution in [0.4, 0.5) is 4.79 Å². The minimum atomic E-state index is -0.311. The summed E-state index contributed by atoms with van der Waals surface area (Å²) in [5, 5.41) is 2.03. The lowest BCUT2D eigenvalue weighted by atomic mass is 10.2. The van der Waals surface area contributed by atoms with E-state index in [1.165, 1.54) is 4.88 Å². The Bertz CT molecular complexity index is 680. The van der Waals surface area contributed by atoms with E-state index in [-0.39, 0.29) is 18.6 Å². The summed E-state index contributed by atoms with van der Waals surface area (Å²) in [7, 11) is 0. The second-order valence-electron chi connectivity index (χ2n) is 5.99. The molecule has 1 aliphatic rings. The summed E-state index contributed by atoms with van der Waals surface area (Å²) in [6.45, 7) is 2.48. The first-order valence-electron chi connectivity index (χ1n) is 8.48. The molecule has 132 valence electrons. The number of hydrogen-bond donors (Lipinski definition) is 0. The molecule has 1 aliphatic heterocycles. The Morgan fingerprint density at radius 2 is 1.68 bits per heavy atom. The molecule has 0 bridgehead atoms. The highest BCUT2D eigenvalue weighted by molar-refractivity contribution is 7.09. The molecule has 0 atom stereocenters. The number of aryl methyl sites for hydroxylation is 1. The molecule has 1 saturated heterocycles. The Labute approximate surface area is 151 Å². The van der Waals surface area contributed by atoms with E-state index < -0.39 is 0 Å². The van der Waals surface area contributed by atoms with Crippen LogP contribution in [0, 0.1) is 0 Å². The van der Waals surface area contributed by atoms with Crippen LogP contribution in [0.25, 0.3) is 0 Å². The van der Waals surface area contributed by atoms with Crippen molar-refractivity contribution in [2.75, 3.05) is 26.2 Å². The third-order valence-corrected chi connectivity index (χ3v) is 5.20. The lowest BCUT2D eigenvalue weighted by Gasteiger charge is -2.34. The van der Waals surface area contributed by atoms with Gasteiger partial charge in [0.25, 0.3) is 0 Å². The number of ether oxygens (including phenoxy) is 1. The molecule has 2 aromatic rings. The number of benzene rings is 1. The van der Waals surface area contributed by atoms with Crippen molar-refractivity contribution in [2.45, 2.75) is 19.4 Å². The van der Waals surface area contributed by atoms with Crippen LogP contribution in [0.15, 0.2) is 47.8 Å².